The van der Waals surface area contributed by atoms with Crippen LogP contribution in [0.4, 0.5) is 5.69 Å². The van der Waals surface area contributed by atoms with Gasteiger partial charge in [-0.05, 0) is 67.9 Å². The summed E-state index contributed by atoms with van der Waals surface area (Å²) in [5, 5.41) is 9.81. The van der Waals surface area contributed by atoms with Crippen molar-refractivity contribution >= 4 is 33.9 Å². The highest BCUT2D eigenvalue weighted by Gasteiger charge is 2.29. The van der Waals surface area contributed by atoms with E-state index in [0.717, 1.165) is 53.6 Å². The molecule has 1 unspecified atom stereocenters. The Labute approximate surface area is 171 Å². The molecule has 1 atom stereocenters. The van der Waals surface area contributed by atoms with E-state index in [-0.39, 0.29) is 17.6 Å². The highest BCUT2D eigenvalue weighted by atomic mass is 32.1. The third kappa shape index (κ3) is 2.80. The van der Waals surface area contributed by atoms with E-state index in [2.05, 4.69) is 6.07 Å². The van der Waals surface area contributed by atoms with Gasteiger partial charge in [0.2, 0.25) is 5.43 Å². The first-order valence-corrected chi connectivity index (χ1v) is 10.8. The lowest BCUT2D eigenvalue weighted by molar-refractivity contribution is 0.0695. The van der Waals surface area contributed by atoms with E-state index < -0.39 is 11.4 Å². The van der Waals surface area contributed by atoms with Gasteiger partial charge in [0, 0.05) is 33.7 Å². The number of hydrogen-bond donors (Lipinski definition) is 3. The number of anilines is 1. The molecule has 2 aliphatic carbocycles. The first-order chi connectivity index (χ1) is 13.9. The Kier molecular flexibility index (Phi) is 4.08. The van der Waals surface area contributed by atoms with Crippen molar-refractivity contribution in [3.05, 3.63) is 50.1 Å². The van der Waals surface area contributed by atoms with Gasteiger partial charge in [-0.1, -0.05) is 0 Å². The minimum Gasteiger partial charge on any atom is -0.477 e. The Morgan fingerprint density at radius 1 is 1.28 bits per heavy atom. The number of fused-ring (bicyclic) bond motifs is 2. The second-order valence-corrected chi connectivity index (χ2v) is 9.30. The highest BCUT2D eigenvalue weighted by molar-refractivity contribution is 7.15. The number of carbonyl (C=O) groups is 1. The van der Waals surface area contributed by atoms with Crippen molar-refractivity contribution in [1.82, 2.24) is 4.57 Å². The number of pyridine rings is 1. The van der Waals surface area contributed by atoms with Crippen LogP contribution >= 0.6 is 11.3 Å². The summed E-state index contributed by atoms with van der Waals surface area (Å²) in [6.07, 6.45) is 6.60. The average molecular weight is 410 g/mol. The zero-order valence-electron chi connectivity index (χ0n) is 16.2. The van der Waals surface area contributed by atoms with Gasteiger partial charge in [0.15, 0.2) is 0 Å². The number of thiophene rings is 1. The zero-order valence-corrected chi connectivity index (χ0v) is 17.0. The molecule has 7 heteroatoms. The average Bonchev–Trinajstić information content (AvgIpc) is 3.42. The Morgan fingerprint density at radius 2 is 2.03 bits per heavy atom. The molecular formula is C22H23N3O3S. The second-order valence-electron chi connectivity index (χ2n) is 8.17. The van der Waals surface area contributed by atoms with Crippen LogP contribution in [0.3, 0.4) is 0 Å². The summed E-state index contributed by atoms with van der Waals surface area (Å²) < 4.78 is 1.95. The summed E-state index contributed by atoms with van der Waals surface area (Å²) in [5.41, 5.74) is 16.2. The van der Waals surface area contributed by atoms with Crippen molar-refractivity contribution in [3.8, 4) is 10.4 Å². The monoisotopic (exact) mass is 409 g/mol. The van der Waals surface area contributed by atoms with Crippen LogP contribution in [-0.2, 0) is 6.42 Å². The molecule has 2 aliphatic rings. The summed E-state index contributed by atoms with van der Waals surface area (Å²) in [7, 11) is 0. The van der Waals surface area contributed by atoms with Gasteiger partial charge < -0.3 is 21.1 Å². The molecule has 6 nitrogen and oxygen atoms in total. The molecule has 0 bridgehead atoms. The molecule has 1 saturated carbocycles. The number of nitrogens with zero attached hydrogens (tertiary/aromatic N) is 1. The van der Waals surface area contributed by atoms with Crippen molar-refractivity contribution in [3.63, 3.8) is 0 Å². The Hall–Kier alpha value is -2.64. The van der Waals surface area contributed by atoms with Gasteiger partial charge in [0.05, 0.1) is 10.9 Å². The van der Waals surface area contributed by atoms with Crippen molar-refractivity contribution in [2.75, 3.05) is 5.73 Å². The van der Waals surface area contributed by atoms with Crippen LogP contribution in [-0.4, -0.2) is 15.6 Å². The maximum Gasteiger partial charge on any atom is 0.341 e. The van der Waals surface area contributed by atoms with Gasteiger partial charge in [0.1, 0.15) is 5.56 Å². The maximum absolute atomic E-state index is 12.9. The van der Waals surface area contributed by atoms with E-state index in [9.17, 15) is 14.7 Å². The third-order valence-electron chi connectivity index (χ3n) is 6.18. The van der Waals surface area contributed by atoms with Crippen LogP contribution in [0.2, 0.25) is 0 Å². The highest BCUT2D eigenvalue weighted by Crippen LogP contribution is 2.44. The molecule has 1 fully saturated rings. The molecule has 0 amide bonds. The SMILES string of the molecule is Cc1c(-c2cc3c(s2)CCCC3N)cc(N)c2c(=O)c(C(=O)O)cn(C3CC3)c12. The largest absolute Gasteiger partial charge is 0.477 e. The molecule has 150 valence electrons. The number of nitrogen functional groups attached to an aromatic ring is 1. The minimum atomic E-state index is -1.22. The molecule has 0 saturated heterocycles. The molecule has 2 aromatic heterocycles. The standard InChI is InChI=1S/C22H23N3O3S/c1-10-12(18-8-13-15(23)3-2-4-17(13)29-18)7-16(24)19-20(10)25(11-5-6-11)9-14(21(19)26)22(27)28/h7-9,11,15H,2-6,23-24H2,1H3,(H,27,28). The van der Waals surface area contributed by atoms with E-state index in [1.54, 1.807) is 11.3 Å². The summed E-state index contributed by atoms with van der Waals surface area (Å²) in [6.45, 7) is 1.99. The fraction of sp³-hybridized carbons (Fsp3) is 0.364. The number of rotatable bonds is 3. The maximum atomic E-state index is 12.9. The summed E-state index contributed by atoms with van der Waals surface area (Å²) in [5.74, 6) is -1.22. The first-order valence-electron chi connectivity index (χ1n) is 9.96. The summed E-state index contributed by atoms with van der Waals surface area (Å²) >= 11 is 1.75. The van der Waals surface area contributed by atoms with E-state index in [0.29, 0.717) is 11.1 Å². The van der Waals surface area contributed by atoms with Crippen molar-refractivity contribution in [2.24, 2.45) is 5.73 Å². The van der Waals surface area contributed by atoms with Crippen LogP contribution < -0.4 is 16.9 Å². The zero-order chi connectivity index (χ0) is 20.4. The van der Waals surface area contributed by atoms with Gasteiger partial charge in [0.25, 0.3) is 0 Å². The van der Waals surface area contributed by atoms with Crippen molar-refractivity contribution < 1.29 is 9.90 Å². The number of carboxylic acids is 1. The number of hydrogen-bond acceptors (Lipinski definition) is 5. The molecule has 0 spiro atoms. The fourth-order valence-corrected chi connectivity index (χ4v) is 5.87. The van der Waals surface area contributed by atoms with E-state index in [4.69, 9.17) is 11.5 Å². The van der Waals surface area contributed by atoms with Gasteiger partial charge >= 0.3 is 5.97 Å². The molecule has 5 N–H and O–H groups in total. The predicted molar refractivity (Wildman–Crippen MR) is 116 cm³/mol. The lowest BCUT2D eigenvalue weighted by Crippen LogP contribution is -2.20. The molecule has 1 aromatic carbocycles. The molecular weight excluding hydrogens is 386 g/mol. The quantitative estimate of drug-likeness (QED) is 0.566. The topological polar surface area (TPSA) is 111 Å². The van der Waals surface area contributed by atoms with Crippen molar-refractivity contribution in [2.45, 2.75) is 51.1 Å². The number of aromatic carboxylic acids is 1. The number of carboxylic acid groups (broad SMARTS) is 1. The van der Waals surface area contributed by atoms with Crippen LogP contribution in [0, 0.1) is 6.92 Å². The molecule has 5 rings (SSSR count). The lowest BCUT2D eigenvalue weighted by atomic mass is 9.93. The molecule has 0 aliphatic heterocycles. The predicted octanol–water partition coefficient (Wildman–Crippen LogP) is 3.99. The van der Waals surface area contributed by atoms with Gasteiger partial charge in [-0.25, -0.2) is 4.79 Å². The molecule has 0 radical (unpaired) electrons. The van der Waals surface area contributed by atoms with E-state index >= 15 is 0 Å². The van der Waals surface area contributed by atoms with Crippen LogP contribution in [0.25, 0.3) is 21.3 Å². The van der Waals surface area contributed by atoms with E-state index in [1.807, 2.05) is 17.6 Å². The fourth-order valence-electron chi connectivity index (χ4n) is 4.52. The Balaban J connectivity index is 1.81. The van der Waals surface area contributed by atoms with Crippen molar-refractivity contribution in [1.29, 1.82) is 0 Å². The summed E-state index contributed by atoms with van der Waals surface area (Å²) in [4.78, 5) is 27.0. The number of aryl methyl sites for hydroxylation is 2. The van der Waals surface area contributed by atoms with Gasteiger partial charge in [-0.2, -0.15) is 0 Å². The normalized spacial score (nSPS) is 18.8. The summed E-state index contributed by atoms with van der Waals surface area (Å²) in [6, 6.07) is 4.28. The smallest absolute Gasteiger partial charge is 0.341 e. The Morgan fingerprint density at radius 3 is 2.69 bits per heavy atom. The van der Waals surface area contributed by atoms with Gasteiger partial charge in [-0.3, -0.25) is 4.79 Å². The number of benzene rings is 1. The number of aromatic nitrogens is 1. The Bertz CT molecular complexity index is 1240. The number of nitrogens with two attached hydrogens (primary N) is 2. The first kappa shape index (κ1) is 18.4. The van der Waals surface area contributed by atoms with Gasteiger partial charge in [-0.15, -0.1) is 11.3 Å². The second kappa shape index (κ2) is 6.43. The van der Waals surface area contributed by atoms with Crippen LogP contribution in [0.15, 0.2) is 23.1 Å². The minimum absolute atomic E-state index is 0.0737. The van der Waals surface area contributed by atoms with Crippen LogP contribution in [0.1, 0.15) is 64.1 Å². The van der Waals surface area contributed by atoms with E-state index in [1.165, 1.54) is 16.6 Å². The third-order valence-corrected chi connectivity index (χ3v) is 7.42. The lowest BCUT2D eigenvalue weighted by Gasteiger charge is -2.17. The molecule has 3 aromatic rings. The molecule has 29 heavy (non-hydrogen) atoms. The molecule has 2 heterocycles. The van der Waals surface area contributed by atoms with Crippen LogP contribution in [0.5, 0.6) is 0 Å².